The first-order valence-electron chi connectivity index (χ1n) is 14.0. The summed E-state index contributed by atoms with van der Waals surface area (Å²) in [5, 5.41) is 11.6. The van der Waals surface area contributed by atoms with E-state index in [0.29, 0.717) is 73.8 Å². The smallest absolute Gasteiger partial charge is 0.295 e. The minimum atomic E-state index is -0.810. The minimum Gasteiger partial charge on any atom is -0.507 e. The van der Waals surface area contributed by atoms with E-state index in [1.807, 2.05) is 6.92 Å². The Morgan fingerprint density at radius 1 is 1.07 bits per heavy atom. The highest BCUT2D eigenvalue weighted by Crippen LogP contribution is 2.42. The molecule has 2 heterocycles. The number of aryl methyl sites for hydroxylation is 1. The van der Waals surface area contributed by atoms with Crippen LogP contribution in [0.15, 0.2) is 54.6 Å². The summed E-state index contributed by atoms with van der Waals surface area (Å²) in [4.78, 5) is 30.7. The predicted molar refractivity (Wildman–Crippen MR) is 156 cm³/mol. The van der Waals surface area contributed by atoms with Crippen molar-refractivity contribution < 1.29 is 33.6 Å². The molecule has 2 aliphatic heterocycles. The van der Waals surface area contributed by atoms with E-state index in [-0.39, 0.29) is 11.3 Å². The second-order valence-corrected chi connectivity index (χ2v) is 10.6. The summed E-state index contributed by atoms with van der Waals surface area (Å²) in [5.41, 5.74) is 1.92. The number of hydrogen-bond donors (Lipinski definition) is 1. The summed E-state index contributed by atoms with van der Waals surface area (Å²) < 4.78 is 22.6. The first-order valence-corrected chi connectivity index (χ1v) is 14.0. The van der Waals surface area contributed by atoms with Crippen LogP contribution in [-0.4, -0.2) is 86.3 Å². The number of aliphatic hydroxyl groups excluding tert-OH is 1. The summed E-state index contributed by atoms with van der Waals surface area (Å²) >= 11 is 0. The Balaban J connectivity index is 1.75. The van der Waals surface area contributed by atoms with E-state index >= 15 is 0 Å². The van der Waals surface area contributed by atoms with Gasteiger partial charge in [-0.25, -0.2) is 0 Å². The second-order valence-electron chi connectivity index (χ2n) is 10.6. The number of ketones is 1. The average molecular weight is 565 g/mol. The Bertz CT molecular complexity index is 1300. The first-order chi connectivity index (χ1) is 19.7. The zero-order valence-electron chi connectivity index (χ0n) is 24.4. The lowest BCUT2D eigenvalue weighted by Gasteiger charge is -2.31. The van der Waals surface area contributed by atoms with Crippen molar-refractivity contribution in [1.29, 1.82) is 0 Å². The number of benzene rings is 2. The summed E-state index contributed by atoms with van der Waals surface area (Å²) in [6.45, 7) is 14.2. The Morgan fingerprint density at radius 3 is 2.46 bits per heavy atom. The van der Waals surface area contributed by atoms with E-state index in [0.717, 1.165) is 18.7 Å². The van der Waals surface area contributed by atoms with Gasteiger partial charge in [0.2, 0.25) is 0 Å². The molecule has 9 nitrogen and oxygen atoms in total. The van der Waals surface area contributed by atoms with Crippen molar-refractivity contribution in [1.82, 2.24) is 9.80 Å². The molecular formula is C32H40N2O7. The van der Waals surface area contributed by atoms with Crippen molar-refractivity contribution in [2.24, 2.45) is 5.92 Å². The van der Waals surface area contributed by atoms with Gasteiger partial charge in [0.15, 0.2) is 11.5 Å². The maximum Gasteiger partial charge on any atom is 0.295 e. The highest BCUT2D eigenvalue weighted by atomic mass is 16.5. The fraction of sp³-hybridized carbons (Fsp3) is 0.438. The number of carbonyl (C=O) groups is 2. The van der Waals surface area contributed by atoms with Crippen LogP contribution in [0.5, 0.6) is 17.2 Å². The van der Waals surface area contributed by atoms with Crippen molar-refractivity contribution in [2.75, 3.05) is 59.7 Å². The molecule has 9 heteroatoms. The van der Waals surface area contributed by atoms with Gasteiger partial charge in [-0.2, -0.15) is 0 Å². The van der Waals surface area contributed by atoms with Gasteiger partial charge in [0.05, 0.1) is 38.5 Å². The molecule has 4 rings (SSSR count). The molecule has 41 heavy (non-hydrogen) atoms. The van der Waals surface area contributed by atoms with Crippen LogP contribution in [0, 0.1) is 12.8 Å². The molecular weight excluding hydrogens is 524 g/mol. The second kappa shape index (κ2) is 13.7. The van der Waals surface area contributed by atoms with E-state index in [4.69, 9.17) is 18.9 Å². The van der Waals surface area contributed by atoms with Gasteiger partial charge in [-0.1, -0.05) is 32.6 Å². The molecule has 2 aromatic carbocycles. The highest BCUT2D eigenvalue weighted by Gasteiger charge is 2.46. The van der Waals surface area contributed by atoms with Crippen molar-refractivity contribution in [3.8, 4) is 17.2 Å². The van der Waals surface area contributed by atoms with Gasteiger partial charge in [0, 0.05) is 31.7 Å². The number of rotatable bonds is 12. The zero-order valence-corrected chi connectivity index (χ0v) is 24.4. The largest absolute Gasteiger partial charge is 0.507 e. The third-order valence-electron chi connectivity index (χ3n) is 7.18. The standard InChI is InChI=1S/C32H40N2O7/c1-6-15-40-26-10-7-23(19-27(26)38-5)29-28(30(35)24-8-9-25(22(4)18-24)41-20-21(2)3)31(36)32(37)34(29)12-11-33-13-16-39-17-14-33/h6-10,18-19,21,29,35H,1,11-17,20H2,2-5H3. The molecule has 0 bridgehead atoms. The summed E-state index contributed by atoms with van der Waals surface area (Å²) in [5.74, 6) is 0.424. The van der Waals surface area contributed by atoms with Gasteiger partial charge in [-0.3, -0.25) is 14.5 Å². The number of morpholine rings is 1. The topological polar surface area (TPSA) is 97.8 Å². The van der Waals surface area contributed by atoms with Crippen LogP contribution in [-0.2, 0) is 14.3 Å². The number of nitrogens with zero attached hydrogens (tertiary/aromatic N) is 2. The van der Waals surface area contributed by atoms with E-state index in [1.165, 1.54) is 12.0 Å². The molecule has 2 aliphatic rings. The van der Waals surface area contributed by atoms with E-state index < -0.39 is 17.7 Å². The molecule has 1 amide bonds. The molecule has 0 aromatic heterocycles. The maximum absolute atomic E-state index is 13.5. The molecule has 1 atom stereocenters. The van der Waals surface area contributed by atoms with Crippen LogP contribution in [0.1, 0.15) is 36.6 Å². The van der Waals surface area contributed by atoms with E-state index in [9.17, 15) is 14.7 Å². The van der Waals surface area contributed by atoms with Crippen LogP contribution >= 0.6 is 0 Å². The number of aliphatic hydroxyl groups is 1. The van der Waals surface area contributed by atoms with Crippen LogP contribution in [0.4, 0.5) is 0 Å². The minimum absolute atomic E-state index is 0.0361. The predicted octanol–water partition coefficient (Wildman–Crippen LogP) is 4.36. The monoisotopic (exact) mass is 564 g/mol. The summed E-state index contributed by atoms with van der Waals surface area (Å²) in [6, 6.07) is 9.74. The molecule has 1 unspecified atom stereocenters. The van der Waals surface area contributed by atoms with Gasteiger partial charge >= 0.3 is 0 Å². The van der Waals surface area contributed by atoms with Crippen molar-refractivity contribution in [3.63, 3.8) is 0 Å². The van der Waals surface area contributed by atoms with Gasteiger partial charge in [0.1, 0.15) is 18.1 Å². The molecule has 1 N–H and O–H groups in total. The summed E-state index contributed by atoms with van der Waals surface area (Å²) in [6.07, 6.45) is 1.63. The number of Topliss-reactive ketones (excluding diaryl/α,β-unsaturated/α-hetero) is 1. The molecule has 220 valence electrons. The van der Waals surface area contributed by atoms with Crippen molar-refractivity contribution in [2.45, 2.75) is 26.8 Å². The maximum atomic E-state index is 13.5. The Hall–Kier alpha value is -3.82. The van der Waals surface area contributed by atoms with Crippen LogP contribution < -0.4 is 14.2 Å². The molecule has 0 aliphatic carbocycles. The summed E-state index contributed by atoms with van der Waals surface area (Å²) in [7, 11) is 1.53. The number of methoxy groups -OCH3 is 1. The fourth-order valence-corrected chi connectivity index (χ4v) is 5.02. The quantitative estimate of drug-likeness (QED) is 0.176. The third kappa shape index (κ3) is 6.92. The molecule has 0 spiro atoms. The van der Waals surface area contributed by atoms with E-state index in [2.05, 4.69) is 25.3 Å². The lowest BCUT2D eigenvalue weighted by atomic mass is 9.94. The molecule has 2 aromatic rings. The van der Waals surface area contributed by atoms with E-state index in [1.54, 1.807) is 42.5 Å². The lowest BCUT2D eigenvalue weighted by molar-refractivity contribution is -0.140. The first kappa shape index (κ1) is 30.1. The molecule has 2 saturated heterocycles. The zero-order chi connectivity index (χ0) is 29.5. The molecule has 0 radical (unpaired) electrons. The Morgan fingerprint density at radius 2 is 1.80 bits per heavy atom. The lowest BCUT2D eigenvalue weighted by Crippen LogP contribution is -2.42. The highest BCUT2D eigenvalue weighted by molar-refractivity contribution is 6.46. The SMILES string of the molecule is C=CCOc1ccc(C2C(=C(O)c3ccc(OCC(C)C)c(C)c3)C(=O)C(=O)N2CCN2CCOCC2)cc1OC. The number of likely N-dealkylation sites (tertiary alicyclic amines) is 1. The number of carbonyl (C=O) groups excluding carboxylic acids is 2. The normalized spacial score (nSPS) is 19.0. The molecule has 2 fully saturated rings. The van der Waals surface area contributed by atoms with Crippen molar-refractivity contribution >= 4 is 17.4 Å². The van der Waals surface area contributed by atoms with Gasteiger partial charge < -0.3 is 29.0 Å². The Labute approximate surface area is 241 Å². The van der Waals surface area contributed by atoms with Gasteiger partial charge in [0.25, 0.3) is 11.7 Å². The van der Waals surface area contributed by atoms with Crippen molar-refractivity contribution in [3.05, 3.63) is 71.3 Å². The number of amides is 1. The van der Waals surface area contributed by atoms with Gasteiger partial charge in [-0.05, 0) is 54.3 Å². The number of ether oxygens (including phenoxy) is 4. The third-order valence-corrected chi connectivity index (χ3v) is 7.18. The van der Waals surface area contributed by atoms with Gasteiger partial charge in [-0.15, -0.1) is 0 Å². The Kier molecular flexibility index (Phi) is 10.1. The number of hydrogen-bond acceptors (Lipinski definition) is 8. The van der Waals surface area contributed by atoms with Crippen LogP contribution in [0.3, 0.4) is 0 Å². The van der Waals surface area contributed by atoms with Crippen LogP contribution in [0.25, 0.3) is 5.76 Å². The molecule has 0 saturated carbocycles. The fourth-order valence-electron chi connectivity index (χ4n) is 5.02. The van der Waals surface area contributed by atoms with Crippen LogP contribution in [0.2, 0.25) is 0 Å². The average Bonchev–Trinajstić information content (AvgIpc) is 3.23.